The summed E-state index contributed by atoms with van der Waals surface area (Å²) in [5, 5.41) is 14.3. The van der Waals surface area contributed by atoms with Gasteiger partial charge in [-0.05, 0) is 35.9 Å². The summed E-state index contributed by atoms with van der Waals surface area (Å²) in [7, 11) is 0. The van der Waals surface area contributed by atoms with Crippen LogP contribution in [0.4, 0.5) is 5.69 Å². The number of carbonyl (C=O) groups is 1. The van der Waals surface area contributed by atoms with Gasteiger partial charge in [0.15, 0.2) is 0 Å². The Morgan fingerprint density at radius 2 is 1.93 bits per heavy atom. The van der Waals surface area contributed by atoms with Gasteiger partial charge in [0, 0.05) is 29.8 Å². The maximum atomic E-state index is 11.8. The second-order valence-electron chi connectivity index (χ2n) is 5.65. The van der Waals surface area contributed by atoms with Crippen molar-refractivity contribution in [3.63, 3.8) is 0 Å². The van der Waals surface area contributed by atoms with Crippen LogP contribution < -0.4 is 10.1 Å². The summed E-state index contributed by atoms with van der Waals surface area (Å²) in [6.07, 6.45) is 4.68. The number of hydrogen-bond acceptors (Lipinski definition) is 5. The third-order valence-corrected chi connectivity index (χ3v) is 3.79. The van der Waals surface area contributed by atoms with Crippen LogP contribution in [0.2, 0.25) is 0 Å². The zero-order chi connectivity index (χ0) is 19.1. The largest absolute Gasteiger partial charge is 0.489 e. The highest BCUT2D eigenvalue weighted by atomic mass is 16.6. The number of rotatable bonds is 7. The molecule has 0 fully saturated rings. The van der Waals surface area contributed by atoms with Gasteiger partial charge in [-0.25, -0.2) is 0 Å². The Kier molecular flexibility index (Phi) is 5.73. The molecule has 27 heavy (non-hydrogen) atoms. The van der Waals surface area contributed by atoms with E-state index in [0.29, 0.717) is 24.5 Å². The number of carbonyl (C=O) groups excluding carboxylic acids is 1. The minimum atomic E-state index is -0.467. The first kappa shape index (κ1) is 18.1. The number of nitro groups is 1. The molecule has 3 aromatic rings. The van der Waals surface area contributed by atoms with Crippen LogP contribution in [0.1, 0.15) is 5.56 Å². The van der Waals surface area contributed by atoms with Crippen LogP contribution in [0.15, 0.2) is 66.9 Å². The molecule has 1 aromatic heterocycles. The molecular weight excluding hydrogens is 346 g/mol. The number of nitrogens with one attached hydrogen (secondary N) is 1. The number of ether oxygens (including phenoxy) is 1. The predicted molar refractivity (Wildman–Crippen MR) is 102 cm³/mol. The lowest BCUT2D eigenvalue weighted by molar-refractivity contribution is -0.384. The fourth-order valence-electron chi connectivity index (χ4n) is 2.47. The molecule has 0 spiro atoms. The van der Waals surface area contributed by atoms with Crippen LogP contribution in [-0.2, 0) is 4.79 Å². The Morgan fingerprint density at radius 3 is 2.70 bits per heavy atom. The first-order valence-electron chi connectivity index (χ1n) is 8.30. The van der Waals surface area contributed by atoms with Gasteiger partial charge in [-0.1, -0.05) is 18.2 Å². The standard InChI is InChI=1S/C20H17N3O4/c24-19(11-8-15-6-9-17(10-7-15)23(25)26)21-13-14-27-18-5-1-3-16-4-2-12-22-20(16)18/h1-12H,13-14H2,(H,21,24)/b11-8+. The van der Waals surface area contributed by atoms with Crippen molar-refractivity contribution in [2.24, 2.45) is 0 Å². The number of nitrogens with zero attached hydrogens (tertiary/aromatic N) is 2. The van der Waals surface area contributed by atoms with Crippen LogP contribution in [0.25, 0.3) is 17.0 Å². The van der Waals surface area contributed by atoms with Gasteiger partial charge < -0.3 is 10.1 Å². The lowest BCUT2D eigenvalue weighted by Crippen LogP contribution is -2.26. The van der Waals surface area contributed by atoms with Crippen LogP contribution in [0.3, 0.4) is 0 Å². The van der Waals surface area contributed by atoms with Crippen molar-refractivity contribution in [2.45, 2.75) is 0 Å². The van der Waals surface area contributed by atoms with Crippen LogP contribution in [0.5, 0.6) is 5.75 Å². The molecule has 2 aromatic carbocycles. The number of aromatic nitrogens is 1. The summed E-state index contributed by atoms with van der Waals surface area (Å²) >= 11 is 0. The summed E-state index contributed by atoms with van der Waals surface area (Å²) in [6, 6.07) is 15.5. The van der Waals surface area contributed by atoms with E-state index in [1.54, 1.807) is 24.4 Å². The maximum Gasteiger partial charge on any atom is 0.269 e. The van der Waals surface area contributed by atoms with E-state index in [1.807, 2.05) is 30.3 Å². The second kappa shape index (κ2) is 8.57. The average Bonchev–Trinajstić information content (AvgIpc) is 2.70. The molecule has 0 saturated carbocycles. The molecule has 1 amide bonds. The van der Waals surface area contributed by atoms with Gasteiger partial charge >= 0.3 is 0 Å². The summed E-state index contributed by atoms with van der Waals surface area (Å²) in [5.74, 6) is 0.400. The highest BCUT2D eigenvalue weighted by Crippen LogP contribution is 2.22. The van der Waals surface area contributed by atoms with Crippen molar-refractivity contribution >= 4 is 28.6 Å². The molecule has 0 bridgehead atoms. The first-order valence-corrected chi connectivity index (χ1v) is 8.30. The van der Waals surface area contributed by atoms with E-state index >= 15 is 0 Å². The molecule has 0 aliphatic carbocycles. The van der Waals surface area contributed by atoms with Crippen molar-refractivity contribution in [3.05, 3.63) is 82.5 Å². The van der Waals surface area contributed by atoms with Crippen LogP contribution >= 0.6 is 0 Å². The van der Waals surface area contributed by atoms with Crippen molar-refractivity contribution < 1.29 is 14.5 Å². The summed E-state index contributed by atoms with van der Waals surface area (Å²) in [6.45, 7) is 0.652. The zero-order valence-electron chi connectivity index (χ0n) is 14.4. The smallest absolute Gasteiger partial charge is 0.269 e. The molecule has 1 N–H and O–H groups in total. The van der Waals surface area contributed by atoms with Crippen molar-refractivity contribution in [1.29, 1.82) is 0 Å². The van der Waals surface area contributed by atoms with Crippen LogP contribution in [-0.4, -0.2) is 29.0 Å². The van der Waals surface area contributed by atoms with E-state index in [0.717, 1.165) is 10.9 Å². The third-order valence-electron chi connectivity index (χ3n) is 3.79. The third kappa shape index (κ3) is 4.88. The normalized spacial score (nSPS) is 10.8. The highest BCUT2D eigenvalue weighted by molar-refractivity contribution is 5.91. The molecule has 0 atom stereocenters. The Balaban J connectivity index is 1.47. The Hall–Kier alpha value is -3.74. The fourth-order valence-corrected chi connectivity index (χ4v) is 2.47. The number of benzene rings is 2. The number of fused-ring (bicyclic) bond motifs is 1. The molecule has 0 saturated heterocycles. The zero-order valence-corrected chi connectivity index (χ0v) is 14.4. The molecule has 3 rings (SSSR count). The fraction of sp³-hybridized carbons (Fsp3) is 0.100. The van der Waals surface area contributed by atoms with Gasteiger partial charge in [0.1, 0.15) is 17.9 Å². The number of nitro benzene ring substituents is 1. The number of amides is 1. The van der Waals surface area contributed by atoms with Crippen molar-refractivity contribution in [1.82, 2.24) is 10.3 Å². The molecule has 0 aliphatic rings. The molecule has 7 heteroatoms. The highest BCUT2D eigenvalue weighted by Gasteiger charge is 2.04. The maximum absolute atomic E-state index is 11.8. The lowest BCUT2D eigenvalue weighted by Gasteiger charge is -2.08. The van der Waals surface area contributed by atoms with E-state index in [4.69, 9.17) is 4.74 Å². The van der Waals surface area contributed by atoms with E-state index in [9.17, 15) is 14.9 Å². The van der Waals surface area contributed by atoms with Crippen molar-refractivity contribution in [3.8, 4) is 5.75 Å². The number of pyridine rings is 1. The molecule has 0 aliphatic heterocycles. The Labute approximate surface area is 155 Å². The second-order valence-corrected chi connectivity index (χ2v) is 5.65. The quantitative estimate of drug-likeness (QED) is 0.301. The molecule has 1 heterocycles. The van der Waals surface area contributed by atoms with E-state index in [1.165, 1.54) is 18.2 Å². The molecular formula is C20H17N3O4. The number of hydrogen-bond donors (Lipinski definition) is 1. The summed E-state index contributed by atoms with van der Waals surface area (Å²) in [5.41, 5.74) is 1.50. The van der Waals surface area contributed by atoms with Gasteiger partial charge in [0.25, 0.3) is 5.69 Å². The number of para-hydroxylation sites is 1. The Morgan fingerprint density at radius 1 is 1.15 bits per heavy atom. The van der Waals surface area contributed by atoms with Crippen molar-refractivity contribution in [2.75, 3.05) is 13.2 Å². The molecule has 0 unspecified atom stereocenters. The van der Waals surface area contributed by atoms with E-state index in [-0.39, 0.29) is 11.6 Å². The van der Waals surface area contributed by atoms with E-state index < -0.39 is 4.92 Å². The number of non-ortho nitro benzene ring substituents is 1. The SMILES string of the molecule is O=C(/C=C/c1ccc([N+](=O)[O-])cc1)NCCOc1cccc2cccnc12. The van der Waals surface area contributed by atoms with Gasteiger partial charge in [-0.15, -0.1) is 0 Å². The molecule has 136 valence electrons. The van der Waals surface area contributed by atoms with Gasteiger partial charge in [-0.2, -0.15) is 0 Å². The Bertz CT molecular complexity index is 979. The lowest BCUT2D eigenvalue weighted by atomic mass is 10.2. The summed E-state index contributed by atoms with van der Waals surface area (Å²) < 4.78 is 5.70. The van der Waals surface area contributed by atoms with Gasteiger partial charge in [-0.3, -0.25) is 19.9 Å². The van der Waals surface area contributed by atoms with Crippen LogP contribution in [0, 0.1) is 10.1 Å². The minimum Gasteiger partial charge on any atom is -0.489 e. The first-order chi connectivity index (χ1) is 13.1. The molecule has 0 radical (unpaired) electrons. The summed E-state index contributed by atoms with van der Waals surface area (Å²) in [4.78, 5) is 26.3. The van der Waals surface area contributed by atoms with Gasteiger partial charge in [0.2, 0.25) is 5.91 Å². The topological polar surface area (TPSA) is 94.4 Å². The minimum absolute atomic E-state index is 0.0108. The predicted octanol–water partition coefficient (Wildman–Crippen LogP) is 3.35. The molecule has 7 nitrogen and oxygen atoms in total. The average molecular weight is 363 g/mol. The van der Waals surface area contributed by atoms with E-state index in [2.05, 4.69) is 10.3 Å². The monoisotopic (exact) mass is 363 g/mol. The van der Waals surface area contributed by atoms with Gasteiger partial charge in [0.05, 0.1) is 11.5 Å².